The molecular weight excluding hydrogens is 480 g/mol. The van der Waals surface area contributed by atoms with Gasteiger partial charge < -0.3 is 20.1 Å². The van der Waals surface area contributed by atoms with Crippen molar-refractivity contribution in [1.29, 1.82) is 0 Å². The molecule has 2 N–H and O–H groups in total. The second kappa shape index (κ2) is 9.48. The molecule has 6 rings (SSSR count). The molecule has 38 heavy (non-hydrogen) atoms. The number of nitrogens with one attached hydrogen (secondary N) is 2. The first-order chi connectivity index (χ1) is 18.4. The van der Waals surface area contributed by atoms with Crippen molar-refractivity contribution in [3.63, 3.8) is 0 Å². The smallest absolute Gasteiger partial charge is 0.251 e. The van der Waals surface area contributed by atoms with E-state index in [1.54, 1.807) is 11.6 Å². The molecule has 1 amide bonds. The summed E-state index contributed by atoms with van der Waals surface area (Å²) in [5.41, 5.74) is 4.70. The van der Waals surface area contributed by atoms with Gasteiger partial charge in [0, 0.05) is 29.4 Å². The highest BCUT2D eigenvalue weighted by Gasteiger charge is 2.27. The maximum atomic E-state index is 12.3. The molecular formula is C29H30N6O3. The summed E-state index contributed by atoms with van der Waals surface area (Å²) in [5.74, 6) is 2.33. The molecule has 0 spiro atoms. The quantitative estimate of drug-likeness (QED) is 0.352. The topological polar surface area (TPSA) is 102 Å². The highest BCUT2D eigenvalue weighted by molar-refractivity contribution is 5.96. The normalized spacial score (nSPS) is 16.1. The summed E-state index contributed by atoms with van der Waals surface area (Å²) < 4.78 is 13.1. The van der Waals surface area contributed by atoms with Gasteiger partial charge in [0.15, 0.2) is 5.65 Å². The van der Waals surface area contributed by atoms with Gasteiger partial charge in [-0.3, -0.25) is 4.79 Å². The van der Waals surface area contributed by atoms with Crippen LogP contribution in [0.2, 0.25) is 0 Å². The van der Waals surface area contributed by atoms with Crippen molar-refractivity contribution < 1.29 is 14.3 Å². The Morgan fingerprint density at radius 1 is 1.08 bits per heavy atom. The van der Waals surface area contributed by atoms with Crippen molar-refractivity contribution in [3.8, 4) is 16.9 Å². The van der Waals surface area contributed by atoms with Crippen LogP contribution in [0.5, 0.6) is 5.75 Å². The molecule has 9 nitrogen and oxygen atoms in total. The molecule has 0 unspecified atom stereocenters. The van der Waals surface area contributed by atoms with Gasteiger partial charge in [-0.05, 0) is 80.6 Å². The number of fused-ring (bicyclic) bond motifs is 1. The third-order valence-corrected chi connectivity index (χ3v) is 6.72. The minimum atomic E-state index is -0.231. The molecule has 4 aromatic rings. The van der Waals surface area contributed by atoms with E-state index in [1.165, 1.54) is 12.8 Å². The number of carbonyl (C=O) groups excluding carboxylic acids is 1. The Labute approximate surface area is 220 Å². The van der Waals surface area contributed by atoms with E-state index in [2.05, 4.69) is 25.7 Å². The van der Waals surface area contributed by atoms with Crippen LogP contribution in [0.1, 0.15) is 42.6 Å². The predicted molar refractivity (Wildman–Crippen MR) is 146 cm³/mol. The van der Waals surface area contributed by atoms with Gasteiger partial charge in [-0.2, -0.15) is 4.98 Å². The van der Waals surface area contributed by atoms with E-state index < -0.39 is 0 Å². The van der Waals surface area contributed by atoms with Crippen LogP contribution in [0.3, 0.4) is 0 Å². The molecule has 0 saturated heterocycles. The summed E-state index contributed by atoms with van der Waals surface area (Å²) in [6.07, 6.45) is 4.35. The summed E-state index contributed by atoms with van der Waals surface area (Å²) in [7, 11) is 1.62. The van der Waals surface area contributed by atoms with Gasteiger partial charge in [-0.15, -0.1) is 5.10 Å². The summed E-state index contributed by atoms with van der Waals surface area (Å²) >= 11 is 0. The van der Waals surface area contributed by atoms with Crippen molar-refractivity contribution in [2.24, 2.45) is 10.9 Å². The molecule has 0 atom stereocenters. The van der Waals surface area contributed by atoms with Crippen LogP contribution < -0.4 is 15.4 Å². The number of anilines is 2. The van der Waals surface area contributed by atoms with E-state index in [9.17, 15) is 4.79 Å². The van der Waals surface area contributed by atoms with Crippen LogP contribution in [0.4, 0.5) is 11.6 Å². The third kappa shape index (κ3) is 5.04. The number of methoxy groups -OCH3 is 1. The Balaban J connectivity index is 1.18. The van der Waals surface area contributed by atoms with E-state index in [0.717, 1.165) is 28.9 Å². The van der Waals surface area contributed by atoms with Crippen molar-refractivity contribution >= 4 is 29.1 Å². The fourth-order valence-electron chi connectivity index (χ4n) is 4.36. The third-order valence-electron chi connectivity index (χ3n) is 6.72. The molecule has 0 bridgehead atoms. The van der Waals surface area contributed by atoms with Crippen molar-refractivity contribution in [3.05, 3.63) is 71.9 Å². The second-order valence-electron chi connectivity index (χ2n) is 10.4. The van der Waals surface area contributed by atoms with Gasteiger partial charge in [-0.1, -0.05) is 12.1 Å². The summed E-state index contributed by atoms with van der Waals surface area (Å²) in [5, 5.41) is 10.9. The number of pyridine rings is 1. The minimum absolute atomic E-state index is 0.0260. The van der Waals surface area contributed by atoms with Gasteiger partial charge in [-0.25, -0.2) is 9.51 Å². The highest BCUT2D eigenvalue weighted by atomic mass is 16.5. The molecule has 1 saturated carbocycles. The van der Waals surface area contributed by atoms with Crippen LogP contribution >= 0.6 is 0 Å². The highest BCUT2D eigenvalue weighted by Crippen LogP contribution is 2.31. The monoisotopic (exact) mass is 510 g/mol. The van der Waals surface area contributed by atoms with Crippen LogP contribution in [-0.2, 0) is 4.74 Å². The second-order valence-corrected chi connectivity index (χ2v) is 10.4. The lowest BCUT2D eigenvalue weighted by molar-refractivity contribution is 0.0952. The number of aromatic nitrogens is 3. The van der Waals surface area contributed by atoms with Crippen molar-refractivity contribution in [1.82, 2.24) is 19.9 Å². The number of nitrogens with zero attached hydrogens (tertiary/aromatic N) is 4. The predicted octanol–water partition coefficient (Wildman–Crippen LogP) is 4.84. The molecule has 9 heteroatoms. The lowest BCUT2D eigenvalue weighted by atomic mass is 10.1. The van der Waals surface area contributed by atoms with Crippen LogP contribution in [0.15, 0.2) is 65.8 Å². The fourth-order valence-corrected chi connectivity index (χ4v) is 4.36. The first-order valence-electron chi connectivity index (χ1n) is 12.8. The van der Waals surface area contributed by atoms with E-state index >= 15 is 0 Å². The van der Waals surface area contributed by atoms with Crippen LogP contribution in [0.25, 0.3) is 16.8 Å². The van der Waals surface area contributed by atoms with E-state index in [-0.39, 0.29) is 11.4 Å². The van der Waals surface area contributed by atoms with E-state index in [0.29, 0.717) is 41.3 Å². The number of aliphatic imine (C=N–C) groups is 1. The molecule has 194 valence electrons. The van der Waals surface area contributed by atoms with E-state index in [4.69, 9.17) is 9.47 Å². The van der Waals surface area contributed by atoms with Crippen LogP contribution in [0, 0.1) is 5.92 Å². The maximum Gasteiger partial charge on any atom is 0.251 e. The minimum Gasteiger partial charge on any atom is -0.495 e. The number of hydrogen-bond acceptors (Lipinski definition) is 7. The molecule has 0 radical (unpaired) electrons. The molecule has 2 aromatic heterocycles. The summed E-state index contributed by atoms with van der Waals surface area (Å²) in [6, 6.07) is 17.3. The Kier molecular flexibility index (Phi) is 5.98. The first kappa shape index (κ1) is 24.0. The zero-order chi connectivity index (χ0) is 26.3. The van der Waals surface area contributed by atoms with Crippen molar-refractivity contribution in [2.75, 3.05) is 25.6 Å². The van der Waals surface area contributed by atoms with Gasteiger partial charge in [0.05, 0.1) is 18.3 Å². The summed E-state index contributed by atoms with van der Waals surface area (Å²) in [6.45, 7) is 5.39. The molecule has 2 aliphatic rings. The average Bonchev–Trinajstić information content (AvgIpc) is 3.56. The van der Waals surface area contributed by atoms with Crippen molar-refractivity contribution in [2.45, 2.75) is 32.2 Å². The number of amides is 1. The maximum absolute atomic E-state index is 12.3. The molecule has 1 aliphatic heterocycles. The number of benzene rings is 2. The number of ether oxygens (including phenoxy) is 2. The Bertz CT molecular complexity index is 1540. The lowest BCUT2D eigenvalue weighted by Crippen LogP contribution is -2.25. The van der Waals surface area contributed by atoms with Gasteiger partial charge >= 0.3 is 0 Å². The number of rotatable bonds is 8. The Hall–Kier alpha value is -4.40. The van der Waals surface area contributed by atoms with Gasteiger partial charge in [0.1, 0.15) is 12.4 Å². The van der Waals surface area contributed by atoms with Crippen LogP contribution in [-0.4, -0.2) is 52.2 Å². The summed E-state index contributed by atoms with van der Waals surface area (Å²) in [4.78, 5) is 21.6. The number of carbonyl (C=O) groups is 1. The standard InChI is InChI=1S/C29H30N6O3/c1-29(2)17-38-27(33-29)21-10-12-23(24(14-21)37-3)31-28-32-25-13-11-22(16-35(25)34-28)19-6-8-20(9-7-19)26(36)30-15-18-4-5-18/h6-14,16,18H,4-5,15,17H2,1-3H3,(H,30,36)(H,31,34). The molecule has 3 heterocycles. The Morgan fingerprint density at radius 2 is 1.84 bits per heavy atom. The zero-order valence-corrected chi connectivity index (χ0v) is 21.7. The lowest BCUT2D eigenvalue weighted by Gasteiger charge is -2.10. The zero-order valence-electron chi connectivity index (χ0n) is 21.7. The average molecular weight is 511 g/mol. The molecule has 2 aromatic carbocycles. The fraction of sp³-hybridized carbons (Fsp3) is 0.310. The number of hydrogen-bond donors (Lipinski definition) is 2. The molecule has 1 fully saturated rings. The largest absolute Gasteiger partial charge is 0.495 e. The molecule has 1 aliphatic carbocycles. The first-order valence-corrected chi connectivity index (χ1v) is 12.8. The SMILES string of the molecule is COc1cc(C2=NC(C)(C)CO2)ccc1Nc1nc2ccc(-c3ccc(C(=O)NCC4CC4)cc3)cn2n1. The van der Waals surface area contributed by atoms with Gasteiger partial charge in [0.25, 0.3) is 5.91 Å². The Morgan fingerprint density at radius 3 is 2.55 bits per heavy atom. The van der Waals surface area contributed by atoms with Gasteiger partial charge in [0.2, 0.25) is 11.8 Å². The van der Waals surface area contributed by atoms with E-state index in [1.807, 2.05) is 74.6 Å².